The first kappa shape index (κ1) is 9.46. The molecule has 0 saturated heterocycles. The molecule has 1 aromatic rings. The van der Waals surface area contributed by atoms with E-state index in [9.17, 15) is 0 Å². The van der Waals surface area contributed by atoms with Gasteiger partial charge in [0.05, 0.1) is 5.02 Å². The Balaban J connectivity index is 0.000000640. The number of hydrogen-bond acceptors (Lipinski definition) is 1. The second-order valence-corrected chi connectivity index (χ2v) is 2.86. The Morgan fingerprint density at radius 2 is 2.22 bits per heavy atom. The Morgan fingerprint density at radius 3 is 2.56 bits per heavy atom. The van der Waals surface area contributed by atoms with E-state index in [1.54, 1.807) is 12.4 Å². The van der Waals surface area contributed by atoms with Gasteiger partial charge in [-0.3, -0.25) is 4.98 Å². The van der Waals surface area contributed by atoms with Crippen molar-refractivity contribution in [1.82, 2.24) is 4.98 Å². The van der Waals surface area contributed by atoms with E-state index in [0.717, 1.165) is 3.57 Å². The maximum Gasteiger partial charge on any atom is 0.0722 e. The van der Waals surface area contributed by atoms with Gasteiger partial charge in [0.25, 0.3) is 0 Å². The van der Waals surface area contributed by atoms with Crippen LogP contribution in [0.1, 0.15) is 0 Å². The summed E-state index contributed by atoms with van der Waals surface area (Å²) in [6.45, 7) is 0. The Hall–Kier alpha value is 0.460. The van der Waals surface area contributed by atoms with Crippen molar-refractivity contribution in [3.63, 3.8) is 0 Å². The van der Waals surface area contributed by atoms with Gasteiger partial charge in [0.1, 0.15) is 0 Å². The maximum atomic E-state index is 5.64. The van der Waals surface area contributed by atoms with E-state index in [2.05, 4.69) is 27.6 Å². The summed E-state index contributed by atoms with van der Waals surface area (Å²) in [5.74, 6) is 0. The van der Waals surface area contributed by atoms with Gasteiger partial charge in [0, 0.05) is 16.0 Å². The van der Waals surface area contributed by atoms with Crippen molar-refractivity contribution < 1.29 is 0 Å². The van der Waals surface area contributed by atoms with E-state index in [1.807, 2.05) is 6.07 Å². The van der Waals surface area contributed by atoms with Crippen molar-refractivity contribution in [2.45, 2.75) is 0 Å². The highest BCUT2D eigenvalue weighted by Gasteiger charge is 1.89. The van der Waals surface area contributed by atoms with Gasteiger partial charge >= 0.3 is 0 Å². The predicted octanol–water partition coefficient (Wildman–Crippen LogP) is 2.76. The van der Waals surface area contributed by atoms with Crippen LogP contribution in [0.3, 0.4) is 0 Å². The number of nitrogens with zero attached hydrogens (tertiary/aromatic N) is 1. The molecule has 0 aliphatic carbocycles. The van der Waals surface area contributed by atoms with Crippen molar-refractivity contribution in [3.05, 3.63) is 27.1 Å². The van der Waals surface area contributed by atoms with Crippen LogP contribution in [0.2, 0.25) is 5.02 Å². The summed E-state index contributed by atoms with van der Waals surface area (Å²) in [4.78, 5) is 3.81. The fourth-order valence-electron chi connectivity index (χ4n) is 0.358. The Labute approximate surface area is 78.4 Å². The van der Waals surface area contributed by atoms with E-state index in [0.29, 0.717) is 5.02 Å². The summed E-state index contributed by atoms with van der Waals surface area (Å²) >= 11 is 7.79. The van der Waals surface area contributed by atoms with E-state index in [-0.39, 0.29) is 12.4 Å². The molecule has 9 heavy (non-hydrogen) atoms. The lowest BCUT2D eigenvalue weighted by atomic mass is 10.5. The fourth-order valence-corrected chi connectivity index (χ4v) is 0.778. The third-order valence-electron chi connectivity index (χ3n) is 0.723. The zero-order valence-corrected chi connectivity index (χ0v) is 8.07. The van der Waals surface area contributed by atoms with Gasteiger partial charge in [0.2, 0.25) is 0 Å². The van der Waals surface area contributed by atoms with Crippen LogP contribution in [0.5, 0.6) is 0 Å². The Morgan fingerprint density at radius 1 is 1.56 bits per heavy atom. The number of rotatable bonds is 0. The van der Waals surface area contributed by atoms with Crippen LogP contribution >= 0.6 is 46.6 Å². The number of hydrogen-bond donors (Lipinski definition) is 0. The molecule has 0 N–H and O–H groups in total. The maximum absolute atomic E-state index is 5.64. The molecule has 0 fully saturated rings. The molecule has 1 aromatic heterocycles. The lowest BCUT2D eigenvalue weighted by Crippen LogP contribution is -1.73. The van der Waals surface area contributed by atoms with E-state index in [4.69, 9.17) is 11.6 Å². The van der Waals surface area contributed by atoms with Gasteiger partial charge in [-0.2, -0.15) is 0 Å². The summed E-state index contributed by atoms with van der Waals surface area (Å²) in [6, 6.07) is 1.86. The normalized spacial score (nSPS) is 8.22. The van der Waals surface area contributed by atoms with Crippen molar-refractivity contribution in [2.75, 3.05) is 0 Å². The highest BCUT2D eigenvalue weighted by molar-refractivity contribution is 14.1. The molecule has 0 aliphatic heterocycles. The van der Waals surface area contributed by atoms with Crippen molar-refractivity contribution in [2.24, 2.45) is 0 Å². The third-order valence-corrected chi connectivity index (χ3v) is 2.28. The van der Waals surface area contributed by atoms with Gasteiger partial charge in [-0.05, 0) is 28.7 Å². The second-order valence-electron chi connectivity index (χ2n) is 1.29. The zero-order chi connectivity index (χ0) is 5.98. The smallest absolute Gasteiger partial charge is 0.0722 e. The van der Waals surface area contributed by atoms with Gasteiger partial charge in [-0.1, -0.05) is 11.6 Å². The van der Waals surface area contributed by atoms with Gasteiger partial charge in [-0.15, -0.1) is 12.4 Å². The van der Waals surface area contributed by atoms with Crippen molar-refractivity contribution >= 4 is 46.6 Å². The Bertz CT molecular complexity index is 171. The first-order chi connectivity index (χ1) is 3.80. The quantitative estimate of drug-likeness (QED) is 0.664. The average molecular weight is 276 g/mol. The molecular formula is C5H4Cl2IN. The standard InChI is InChI=1S/C5H3ClIN.ClH/c6-4-3-8-2-1-5(4)7;/h1-3H;1H. The summed E-state index contributed by atoms with van der Waals surface area (Å²) in [7, 11) is 0. The minimum atomic E-state index is 0. The van der Waals surface area contributed by atoms with Crippen LogP contribution < -0.4 is 0 Å². The Kier molecular flexibility index (Phi) is 4.52. The van der Waals surface area contributed by atoms with Crippen LogP contribution in [0.4, 0.5) is 0 Å². The van der Waals surface area contributed by atoms with Gasteiger partial charge in [0.15, 0.2) is 0 Å². The third kappa shape index (κ3) is 2.69. The van der Waals surface area contributed by atoms with E-state index in [1.165, 1.54) is 0 Å². The summed E-state index contributed by atoms with van der Waals surface area (Å²) < 4.78 is 1.04. The van der Waals surface area contributed by atoms with E-state index < -0.39 is 0 Å². The molecule has 0 spiro atoms. The monoisotopic (exact) mass is 275 g/mol. The molecule has 0 aromatic carbocycles. The molecule has 0 atom stereocenters. The molecule has 0 bridgehead atoms. The number of aromatic nitrogens is 1. The lowest BCUT2D eigenvalue weighted by molar-refractivity contribution is 1.32. The van der Waals surface area contributed by atoms with Gasteiger partial charge in [-0.25, -0.2) is 0 Å². The second kappa shape index (κ2) is 4.30. The molecule has 1 rings (SSSR count). The van der Waals surface area contributed by atoms with Crippen LogP contribution in [-0.4, -0.2) is 4.98 Å². The largest absolute Gasteiger partial charge is 0.263 e. The molecule has 0 radical (unpaired) electrons. The predicted molar refractivity (Wildman–Crippen MR) is 49.2 cm³/mol. The molecule has 4 heteroatoms. The molecule has 0 amide bonds. The van der Waals surface area contributed by atoms with Crippen LogP contribution in [-0.2, 0) is 0 Å². The number of halogens is 3. The van der Waals surface area contributed by atoms with Crippen molar-refractivity contribution in [3.8, 4) is 0 Å². The number of pyridine rings is 1. The molecule has 50 valence electrons. The minimum absolute atomic E-state index is 0. The van der Waals surface area contributed by atoms with Crippen LogP contribution in [0.15, 0.2) is 18.5 Å². The molecule has 1 heterocycles. The summed E-state index contributed by atoms with van der Waals surface area (Å²) in [6.07, 6.45) is 3.34. The average Bonchev–Trinajstić information content (AvgIpc) is 1.77. The molecule has 0 aliphatic rings. The molecule has 0 unspecified atom stereocenters. The molecule has 1 nitrogen and oxygen atoms in total. The fraction of sp³-hybridized carbons (Fsp3) is 0. The molecular weight excluding hydrogens is 272 g/mol. The summed E-state index contributed by atoms with van der Waals surface area (Å²) in [5, 5.41) is 0.716. The highest BCUT2D eigenvalue weighted by atomic mass is 127. The first-order valence-electron chi connectivity index (χ1n) is 2.06. The van der Waals surface area contributed by atoms with Crippen LogP contribution in [0.25, 0.3) is 0 Å². The molecule has 0 saturated carbocycles. The topological polar surface area (TPSA) is 12.9 Å². The van der Waals surface area contributed by atoms with Gasteiger partial charge < -0.3 is 0 Å². The van der Waals surface area contributed by atoms with Crippen molar-refractivity contribution in [1.29, 1.82) is 0 Å². The lowest BCUT2D eigenvalue weighted by Gasteiger charge is -1.88. The van der Waals surface area contributed by atoms with Crippen LogP contribution in [0, 0.1) is 3.57 Å². The summed E-state index contributed by atoms with van der Waals surface area (Å²) in [5.41, 5.74) is 0. The SMILES string of the molecule is Cl.Clc1cnccc1I. The van der Waals surface area contributed by atoms with E-state index >= 15 is 0 Å². The zero-order valence-electron chi connectivity index (χ0n) is 4.34. The minimum Gasteiger partial charge on any atom is -0.263 e. The first-order valence-corrected chi connectivity index (χ1v) is 3.51. The highest BCUT2D eigenvalue weighted by Crippen LogP contribution is 2.14.